The van der Waals surface area contributed by atoms with Gasteiger partial charge in [-0.05, 0) is 68.8 Å². The second kappa shape index (κ2) is 4.31. The number of aliphatic hydroxyl groups is 1. The maximum atomic E-state index is 12.4. The van der Waals surface area contributed by atoms with E-state index in [0.29, 0.717) is 25.2 Å². The average Bonchev–Trinajstić information content (AvgIpc) is 2.72. The lowest BCUT2D eigenvalue weighted by molar-refractivity contribution is -0.178. The lowest BCUT2D eigenvalue weighted by Gasteiger charge is -2.60. The van der Waals surface area contributed by atoms with Gasteiger partial charge in [-0.2, -0.15) is 0 Å². The van der Waals surface area contributed by atoms with Gasteiger partial charge in [-0.25, -0.2) is 0 Å². The van der Waals surface area contributed by atoms with E-state index in [1.807, 2.05) is 13.0 Å². The van der Waals surface area contributed by atoms with Crippen LogP contribution >= 0.6 is 0 Å². The van der Waals surface area contributed by atoms with Crippen molar-refractivity contribution in [2.75, 3.05) is 0 Å². The standard InChI is InChI=1S/C19H26O3/c1-17-8-5-13(20)11-12(17)3-4-15-14(17)6-9-18(2)16(21)7-10-19(15,18)22/h11,14-15,22H,3-10H2,1-2H3/t14?,15?,17-,18+,19+/m0/s1. The highest BCUT2D eigenvalue weighted by Crippen LogP contribution is 2.65. The third-order valence-corrected chi connectivity index (χ3v) is 7.86. The van der Waals surface area contributed by atoms with Crippen molar-refractivity contribution in [3.63, 3.8) is 0 Å². The summed E-state index contributed by atoms with van der Waals surface area (Å²) in [5, 5.41) is 11.5. The zero-order chi connectivity index (χ0) is 15.8. The fourth-order valence-electron chi connectivity index (χ4n) is 6.30. The van der Waals surface area contributed by atoms with Crippen molar-refractivity contribution >= 4 is 11.6 Å². The molecule has 3 nitrogen and oxygen atoms in total. The van der Waals surface area contributed by atoms with Crippen molar-refractivity contribution in [3.8, 4) is 0 Å². The molecule has 4 aliphatic rings. The van der Waals surface area contributed by atoms with Gasteiger partial charge in [0.15, 0.2) is 5.78 Å². The first kappa shape index (κ1) is 14.6. The topological polar surface area (TPSA) is 54.4 Å². The van der Waals surface area contributed by atoms with Crippen LogP contribution in [0, 0.1) is 22.7 Å². The van der Waals surface area contributed by atoms with E-state index >= 15 is 0 Å². The molecule has 0 bridgehead atoms. The Morgan fingerprint density at radius 2 is 1.77 bits per heavy atom. The molecule has 0 amide bonds. The summed E-state index contributed by atoms with van der Waals surface area (Å²) in [6, 6.07) is 0. The molecule has 0 heterocycles. The molecule has 2 unspecified atom stereocenters. The smallest absolute Gasteiger partial charge is 0.155 e. The van der Waals surface area contributed by atoms with Crippen LogP contribution in [0.2, 0.25) is 0 Å². The molecule has 0 aromatic carbocycles. The van der Waals surface area contributed by atoms with Gasteiger partial charge in [0, 0.05) is 12.8 Å². The summed E-state index contributed by atoms with van der Waals surface area (Å²) < 4.78 is 0. The Morgan fingerprint density at radius 1 is 1.00 bits per heavy atom. The van der Waals surface area contributed by atoms with Crippen molar-refractivity contribution < 1.29 is 14.7 Å². The lowest BCUT2D eigenvalue weighted by Crippen LogP contribution is -2.60. The average molecular weight is 302 g/mol. The number of Topliss-reactive ketones (excluding diaryl/α,β-unsaturated/α-hetero) is 1. The first-order valence-electron chi connectivity index (χ1n) is 8.81. The largest absolute Gasteiger partial charge is 0.389 e. The molecule has 0 spiro atoms. The SMILES string of the molecule is C[C@]12CCC(=O)C=C1CCC1C2CC[C@]2(C)C(=O)CC[C@@]12O. The van der Waals surface area contributed by atoms with E-state index in [4.69, 9.17) is 0 Å². The van der Waals surface area contributed by atoms with E-state index in [-0.39, 0.29) is 22.9 Å². The Morgan fingerprint density at radius 3 is 2.55 bits per heavy atom. The Bertz CT molecular complexity index is 591. The number of hydrogen-bond donors (Lipinski definition) is 1. The van der Waals surface area contributed by atoms with Gasteiger partial charge in [0.05, 0.1) is 11.0 Å². The van der Waals surface area contributed by atoms with Crippen LogP contribution < -0.4 is 0 Å². The second-order valence-corrected chi connectivity index (χ2v) is 8.52. The quantitative estimate of drug-likeness (QED) is 0.747. The fourth-order valence-corrected chi connectivity index (χ4v) is 6.30. The van der Waals surface area contributed by atoms with Gasteiger partial charge in [0.25, 0.3) is 0 Å². The Kier molecular flexibility index (Phi) is 2.87. The van der Waals surface area contributed by atoms with Crippen LogP contribution in [-0.4, -0.2) is 22.3 Å². The van der Waals surface area contributed by atoms with Crippen LogP contribution in [0.5, 0.6) is 0 Å². The second-order valence-electron chi connectivity index (χ2n) is 8.52. The highest BCUT2D eigenvalue weighted by atomic mass is 16.3. The lowest BCUT2D eigenvalue weighted by atomic mass is 9.46. The molecule has 22 heavy (non-hydrogen) atoms. The van der Waals surface area contributed by atoms with Gasteiger partial charge in [-0.15, -0.1) is 0 Å². The predicted octanol–water partition coefficient (Wildman–Crippen LogP) is 3.20. The van der Waals surface area contributed by atoms with E-state index in [2.05, 4.69) is 6.92 Å². The number of rotatable bonds is 0. The number of allylic oxidation sites excluding steroid dienone is 1. The van der Waals surface area contributed by atoms with Gasteiger partial charge in [-0.1, -0.05) is 12.5 Å². The summed E-state index contributed by atoms with van der Waals surface area (Å²) in [5.74, 6) is 1.16. The molecular weight excluding hydrogens is 276 g/mol. The molecule has 0 aromatic heterocycles. The van der Waals surface area contributed by atoms with Crippen LogP contribution in [0.25, 0.3) is 0 Å². The molecule has 4 aliphatic carbocycles. The maximum absolute atomic E-state index is 12.4. The Labute approximate surface area is 132 Å². The number of carbonyl (C=O) groups excluding carboxylic acids is 2. The summed E-state index contributed by atoms with van der Waals surface area (Å²) in [5.41, 5.74) is 0.0141. The molecule has 0 aromatic rings. The third kappa shape index (κ3) is 1.56. The first-order chi connectivity index (χ1) is 10.3. The molecule has 0 radical (unpaired) electrons. The zero-order valence-corrected chi connectivity index (χ0v) is 13.7. The summed E-state index contributed by atoms with van der Waals surface area (Å²) >= 11 is 0. The van der Waals surface area contributed by atoms with Gasteiger partial charge in [0.2, 0.25) is 0 Å². The zero-order valence-electron chi connectivity index (χ0n) is 13.7. The molecule has 0 aliphatic heterocycles. The highest BCUT2D eigenvalue weighted by Gasteiger charge is 2.66. The first-order valence-corrected chi connectivity index (χ1v) is 8.81. The van der Waals surface area contributed by atoms with E-state index in [0.717, 1.165) is 32.1 Å². The van der Waals surface area contributed by atoms with Crippen LogP contribution in [-0.2, 0) is 9.59 Å². The van der Waals surface area contributed by atoms with Crippen molar-refractivity contribution in [1.82, 2.24) is 0 Å². The highest BCUT2D eigenvalue weighted by molar-refractivity contribution is 5.92. The van der Waals surface area contributed by atoms with Gasteiger partial charge in [-0.3, -0.25) is 9.59 Å². The number of fused-ring (bicyclic) bond motifs is 5. The number of carbonyl (C=O) groups is 2. The number of ketones is 2. The minimum Gasteiger partial charge on any atom is -0.389 e. The Balaban J connectivity index is 1.76. The van der Waals surface area contributed by atoms with E-state index in [1.165, 1.54) is 5.57 Å². The van der Waals surface area contributed by atoms with Crippen LogP contribution in [0.4, 0.5) is 0 Å². The van der Waals surface area contributed by atoms with E-state index in [9.17, 15) is 14.7 Å². The van der Waals surface area contributed by atoms with Crippen molar-refractivity contribution in [2.45, 2.75) is 70.8 Å². The summed E-state index contributed by atoms with van der Waals surface area (Å²) in [6.45, 7) is 4.29. The Hall–Kier alpha value is -0.960. The van der Waals surface area contributed by atoms with Crippen LogP contribution in [0.1, 0.15) is 65.2 Å². The summed E-state index contributed by atoms with van der Waals surface area (Å²) in [6.07, 6.45) is 8.27. The molecule has 0 saturated heterocycles. The molecule has 3 saturated carbocycles. The van der Waals surface area contributed by atoms with Crippen molar-refractivity contribution in [3.05, 3.63) is 11.6 Å². The minimum absolute atomic E-state index is 0.0551. The van der Waals surface area contributed by atoms with Gasteiger partial charge >= 0.3 is 0 Å². The molecular formula is C19H26O3. The molecule has 4 rings (SSSR count). The van der Waals surface area contributed by atoms with Crippen molar-refractivity contribution in [2.24, 2.45) is 22.7 Å². The molecule has 120 valence electrons. The fraction of sp³-hybridized carbons (Fsp3) is 0.789. The third-order valence-electron chi connectivity index (χ3n) is 7.86. The molecule has 3 heteroatoms. The van der Waals surface area contributed by atoms with Gasteiger partial charge in [0.1, 0.15) is 5.78 Å². The van der Waals surface area contributed by atoms with Gasteiger partial charge < -0.3 is 5.11 Å². The van der Waals surface area contributed by atoms with Crippen LogP contribution in [0.15, 0.2) is 11.6 Å². The minimum atomic E-state index is -0.816. The van der Waals surface area contributed by atoms with Crippen LogP contribution in [0.3, 0.4) is 0 Å². The monoisotopic (exact) mass is 302 g/mol. The van der Waals surface area contributed by atoms with E-state index in [1.54, 1.807) is 0 Å². The van der Waals surface area contributed by atoms with E-state index < -0.39 is 11.0 Å². The van der Waals surface area contributed by atoms with Crippen molar-refractivity contribution in [1.29, 1.82) is 0 Å². The predicted molar refractivity (Wildman–Crippen MR) is 83.2 cm³/mol. The molecule has 3 fully saturated rings. The maximum Gasteiger partial charge on any atom is 0.155 e. The normalized spacial score (nSPS) is 51.0. The summed E-state index contributed by atoms with van der Waals surface area (Å²) in [4.78, 5) is 24.2. The number of hydrogen-bond acceptors (Lipinski definition) is 3. The summed E-state index contributed by atoms with van der Waals surface area (Å²) in [7, 11) is 0. The molecule has 5 atom stereocenters. The molecule has 1 N–H and O–H groups in total.